The molecule has 1 N–H and O–H groups in total. The van der Waals surface area contributed by atoms with Crippen LogP contribution in [0, 0.1) is 0 Å². The predicted molar refractivity (Wildman–Crippen MR) is 127 cm³/mol. The lowest BCUT2D eigenvalue weighted by atomic mass is 10.1. The maximum atomic E-state index is 12.7. The summed E-state index contributed by atoms with van der Waals surface area (Å²) in [4.78, 5) is 34.0. The second kappa shape index (κ2) is 11.8. The number of piperazine rings is 1. The van der Waals surface area contributed by atoms with Crippen molar-refractivity contribution < 1.29 is 5.11 Å². The van der Waals surface area contributed by atoms with E-state index in [1.807, 2.05) is 0 Å². The average molecular weight is 449 g/mol. The Bertz CT molecular complexity index is 970. The number of aromatic nitrogens is 4. The molecule has 1 aliphatic heterocycles. The summed E-state index contributed by atoms with van der Waals surface area (Å²) < 4.78 is 4.47. The molecule has 1 saturated heterocycles. The topological polar surface area (TPSA) is 88.5 Å². The van der Waals surface area contributed by atoms with Gasteiger partial charge < -0.3 is 14.6 Å². The third-order valence-electron chi connectivity index (χ3n) is 6.68. The number of nitrogens with zero attached hydrogens (tertiary/aromatic N) is 6. The quantitative estimate of drug-likeness (QED) is 0.490. The molecule has 9 nitrogen and oxygen atoms in total. The Morgan fingerprint density at radius 2 is 1.56 bits per heavy atom. The maximum Gasteiger partial charge on any atom is 0.332 e. The average Bonchev–Trinajstić information content (AvgIpc) is 3.16. The number of fused-ring (bicyclic) bond motifs is 1. The highest BCUT2D eigenvalue weighted by Gasteiger charge is 2.17. The van der Waals surface area contributed by atoms with Crippen molar-refractivity contribution in [3.63, 3.8) is 0 Å². The Labute approximate surface area is 190 Å². The van der Waals surface area contributed by atoms with E-state index in [-0.39, 0.29) is 17.4 Å². The van der Waals surface area contributed by atoms with Crippen LogP contribution in [0.25, 0.3) is 11.2 Å². The minimum atomic E-state index is -0.295. The van der Waals surface area contributed by atoms with Crippen molar-refractivity contribution >= 4 is 11.2 Å². The van der Waals surface area contributed by atoms with Crippen LogP contribution in [0.15, 0.2) is 15.9 Å². The molecule has 180 valence electrons. The molecule has 0 radical (unpaired) electrons. The molecule has 2 aromatic rings. The van der Waals surface area contributed by atoms with E-state index in [9.17, 15) is 14.7 Å². The molecule has 0 bridgehead atoms. The first kappa shape index (κ1) is 24.7. The van der Waals surface area contributed by atoms with Crippen molar-refractivity contribution in [1.82, 2.24) is 28.5 Å². The van der Waals surface area contributed by atoms with Crippen LogP contribution < -0.4 is 11.2 Å². The number of rotatable bonds is 12. The van der Waals surface area contributed by atoms with E-state index in [0.29, 0.717) is 17.7 Å². The predicted octanol–water partition coefficient (Wildman–Crippen LogP) is 1.16. The zero-order chi connectivity index (χ0) is 23.1. The van der Waals surface area contributed by atoms with Crippen molar-refractivity contribution in [2.75, 3.05) is 39.8 Å². The number of β-amino-alcohol motifs (C(OH)–C–C–N with tert-alkyl or cyclic N) is 1. The Kier molecular flexibility index (Phi) is 9.07. The lowest BCUT2D eigenvalue weighted by Crippen LogP contribution is -2.46. The van der Waals surface area contributed by atoms with E-state index in [1.54, 1.807) is 25.0 Å². The normalized spacial score (nSPS) is 16.8. The van der Waals surface area contributed by atoms with Gasteiger partial charge in [0.15, 0.2) is 11.2 Å². The van der Waals surface area contributed by atoms with Crippen LogP contribution in [0.2, 0.25) is 0 Å². The standard InChI is InChI=1S/C23H40N6O3/c1-25-13-15-28(16-14-25)17-19(30)11-9-7-5-4-6-8-10-12-29-22(31)20-21(24-18-26(20)2)27(3)23(29)32/h18-19,30H,4-17H2,1-3H3. The van der Waals surface area contributed by atoms with Gasteiger partial charge in [0.25, 0.3) is 5.56 Å². The Morgan fingerprint density at radius 3 is 2.25 bits per heavy atom. The number of unbranched alkanes of at least 4 members (excludes halogenated alkanes) is 6. The Hall–Kier alpha value is -1.97. The molecule has 2 aromatic heterocycles. The van der Waals surface area contributed by atoms with Gasteiger partial charge in [0.2, 0.25) is 0 Å². The van der Waals surface area contributed by atoms with Crippen LogP contribution in [0.1, 0.15) is 51.4 Å². The largest absolute Gasteiger partial charge is 0.392 e. The summed E-state index contributed by atoms with van der Waals surface area (Å²) in [5.41, 5.74) is 0.365. The molecule has 32 heavy (non-hydrogen) atoms. The molecule has 0 amide bonds. The zero-order valence-corrected chi connectivity index (χ0v) is 20.0. The number of hydrogen-bond donors (Lipinski definition) is 1. The van der Waals surface area contributed by atoms with E-state index in [0.717, 1.165) is 77.7 Å². The number of aliphatic hydroxyl groups is 1. The first-order chi connectivity index (χ1) is 15.4. The van der Waals surface area contributed by atoms with Crippen LogP contribution >= 0.6 is 0 Å². The van der Waals surface area contributed by atoms with E-state index in [2.05, 4.69) is 21.8 Å². The SMILES string of the molecule is CN1CCN(CC(O)CCCCCCCCCn2c(=O)c3c(ncn3C)n(C)c2=O)CC1. The number of hydrogen-bond acceptors (Lipinski definition) is 6. The molecule has 0 spiro atoms. The van der Waals surface area contributed by atoms with Crippen molar-refractivity contribution in [1.29, 1.82) is 0 Å². The Balaban J connectivity index is 1.28. The van der Waals surface area contributed by atoms with Gasteiger partial charge in [0.05, 0.1) is 12.4 Å². The summed E-state index contributed by atoms with van der Waals surface area (Å²) >= 11 is 0. The smallest absolute Gasteiger partial charge is 0.332 e. The number of aryl methyl sites for hydroxylation is 2. The van der Waals surface area contributed by atoms with Crippen LogP contribution in [0.3, 0.4) is 0 Å². The van der Waals surface area contributed by atoms with Gasteiger partial charge in [0, 0.05) is 53.4 Å². The van der Waals surface area contributed by atoms with E-state index in [4.69, 9.17) is 0 Å². The fourth-order valence-corrected chi connectivity index (χ4v) is 4.55. The van der Waals surface area contributed by atoms with E-state index >= 15 is 0 Å². The van der Waals surface area contributed by atoms with E-state index < -0.39 is 0 Å². The van der Waals surface area contributed by atoms with Gasteiger partial charge in [-0.25, -0.2) is 9.78 Å². The fraction of sp³-hybridized carbons (Fsp3) is 0.783. The summed E-state index contributed by atoms with van der Waals surface area (Å²) in [5, 5.41) is 10.3. The molecule has 1 atom stereocenters. The second-order valence-electron chi connectivity index (χ2n) is 9.35. The van der Waals surface area contributed by atoms with Crippen LogP contribution in [-0.4, -0.2) is 79.5 Å². The molecule has 9 heteroatoms. The summed E-state index contributed by atoms with van der Waals surface area (Å²) in [6, 6.07) is 0. The molecule has 0 aromatic carbocycles. The summed E-state index contributed by atoms with van der Waals surface area (Å²) in [5.74, 6) is 0. The molecule has 0 saturated carbocycles. The minimum Gasteiger partial charge on any atom is -0.392 e. The van der Waals surface area contributed by atoms with Crippen molar-refractivity contribution in [3.8, 4) is 0 Å². The van der Waals surface area contributed by atoms with Gasteiger partial charge in [0.1, 0.15) is 0 Å². The van der Waals surface area contributed by atoms with Crippen molar-refractivity contribution in [2.24, 2.45) is 14.1 Å². The van der Waals surface area contributed by atoms with Gasteiger partial charge in [-0.2, -0.15) is 0 Å². The van der Waals surface area contributed by atoms with Gasteiger partial charge in [-0.1, -0.05) is 38.5 Å². The summed E-state index contributed by atoms with van der Waals surface area (Å²) in [6.07, 6.45) is 9.72. The third-order valence-corrected chi connectivity index (χ3v) is 6.68. The van der Waals surface area contributed by atoms with Crippen LogP contribution in [0.5, 0.6) is 0 Å². The molecular formula is C23H40N6O3. The lowest BCUT2D eigenvalue weighted by molar-refractivity contribution is 0.0744. The van der Waals surface area contributed by atoms with Gasteiger partial charge in [-0.05, 0) is 19.9 Å². The molecule has 1 unspecified atom stereocenters. The molecule has 0 aliphatic carbocycles. The highest BCUT2D eigenvalue weighted by atomic mass is 16.3. The maximum absolute atomic E-state index is 12.7. The molecular weight excluding hydrogens is 408 g/mol. The monoisotopic (exact) mass is 448 g/mol. The molecule has 1 fully saturated rings. The van der Waals surface area contributed by atoms with Crippen molar-refractivity contribution in [2.45, 2.75) is 64.0 Å². The highest BCUT2D eigenvalue weighted by Crippen LogP contribution is 2.12. The molecule has 3 rings (SSSR count). The minimum absolute atomic E-state index is 0.212. The van der Waals surface area contributed by atoms with Crippen LogP contribution in [-0.2, 0) is 20.6 Å². The lowest BCUT2D eigenvalue weighted by Gasteiger charge is -2.33. The number of aliphatic hydroxyl groups excluding tert-OH is 1. The van der Waals surface area contributed by atoms with Crippen molar-refractivity contribution in [3.05, 3.63) is 27.2 Å². The Morgan fingerprint density at radius 1 is 0.938 bits per heavy atom. The van der Waals surface area contributed by atoms with Gasteiger partial charge in [-0.15, -0.1) is 0 Å². The highest BCUT2D eigenvalue weighted by molar-refractivity contribution is 5.69. The molecule has 3 heterocycles. The summed E-state index contributed by atoms with van der Waals surface area (Å²) in [7, 11) is 5.59. The number of likely N-dealkylation sites (N-methyl/N-ethyl adjacent to an activating group) is 1. The third kappa shape index (κ3) is 6.30. The van der Waals surface area contributed by atoms with Gasteiger partial charge >= 0.3 is 5.69 Å². The first-order valence-electron chi connectivity index (χ1n) is 12.1. The first-order valence-corrected chi connectivity index (χ1v) is 12.1. The zero-order valence-electron chi connectivity index (χ0n) is 20.0. The van der Waals surface area contributed by atoms with E-state index in [1.165, 1.54) is 15.6 Å². The number of imidazole rings is 1. The fourth-order valence-electron chi connectivity index (χ4n) is 4.55. The second-order valence-corrected chi connectivity index (χ2v) is 9.35. The summed E-state index contributed by atoms with van der Waals surface area (Å²) in [6.45, 7) is 5.55. The van der Waals surface area contributed by atoms with Gasteiger partial charge in [-0.3, -0.25) is 18.8 Å². The van der Waals surface area contributed by atoms with Crippen LogP contribution in [0.4, 0.5) is 0 Å². The molecule has 1 aliphatic rings.